The Kier molecular flexibility index (Phi) is 12.5. The Hall–Kier alpha value is -6.05. The number of hydrogen-bond acceptors (Lipinski definition) is 10. The predicted molar refractivity (Wildman–Crippen MR) is 223 cm³/mol. The van der Waals surface area contributed by atoms with Gasteiger partial charge in [-0.05, 0) is 69.1 Å². The summed E-state index contributed by atoms with van der Waals surface area (Å²) in [4.78, 5) is 42.2. The molecule has 310 valence electrons. The summed E-state index contributed by atoms with van der Waals surface area (Å²) in [7, 11) is 3.32. The van der Waals surface area contributed by atoms with Gasteiger partial charge in [0.25, 0.3) is 5.91 Å². The number of likely N-dealkylation sites (tertiary alicyclic amines) is 1. The fraction of sp³-hybridized carbons (Fsp3) is 0.312. The van der Waals surface area contributed by atoms with Gasteiger partial charge in [0.15, 0.2) is 17.8 Å². The molecule has 2 fully saturated rings. The number of carbonyl (C=O) groups excluding carboxylic acids is 3. The molecule has 2 saturated heterocycles. The van der Waals surface area contributed by atoms with Crippen LogP contribution in [0.2, 0.25) is 0 Å². The lowest BCUT2D eigenvalue weighted by molar-refractivity contribution is -0.253. The minimum atomic E-state index is -0.981. The van der Waals surface area contributed by atoms with E-state index in [1.54, 1.807) is 14.2 Å². The SMILES string of the molecule is COc1cc2c(cc1OC)CN(CC1CC(c3ccc(CO)cc3)OC(c3ccc(-c4cccc(CN5C(=O)CC(NC(=O)OCc6ccccc6)C5=O)c4)cc3)O1)CC2. The van der Waals surface area contributed by atoms with Crippen molar-refractivity contribution < 1.29 is 43.2 Å². The molecule has 4 atom stereocenters. The molecule has 0 saturated carbocycles. The smallest absolute Gasteiger partial charge is 0.408 e. The van der Waals surface area contributed by atoms with E-state index in [4.69, 9.17) is 23.7 Å². The van der Waals surface area contributed by atoms with Crippen molar-refractivity contribution in [2.24, 2.45) is 0 Å². The van der Waals surface area contributed by atoms with Crippen molar-refractivity contribution in [1.29, 1.82) is 0 Å². The molecule has 60 heavy (non-hydrogen) atoms. The van der Waals surface area contributed by atoms with Gasteiger partial charge in [0.1, 0.15) is 12.6 Å². The summed E-state index contributed by atoms with van der Waals surface area (Å²) < 4.78 is 29.8. The van der Waals surface area contributed by atoms with Crippen molar-refractivity contribution in [3.05, 3.63) is 154 Å². The standard InChI is InChI=1S/C48H49N3O9/c1-56-43-22-38-19-20-50(27-39(38)23-44(43)57-2)28-40-24-42(35-13-11-31(29-52)12-14-35)60-47(59-40)36-17-15-34(16-18-36)37-10-6-9-33(21-37)26-51-45(53)25-41(46(51)54)49-48(55)58-30-32-7-4-3-5-8-32/h3-18,21-23,40-42,47,52H,19-20,24-30H2,1-2H3,(H,49,55). The van der Waals surface area contributed by atoms with E-state index in [1.807, 2.05) is 103 Å². The van der Waals surface area contributed by atoms with Crippen molar-refractivity contribution in [2.75, 3.05) is 27.3 Å². The summed E-state index contributed by atoms with van der Waals surface area (Å²) in [6.07, 6.45) is -0.256. The maximum atomic E-state index is 13.2. The summed E-state index contributed by atoms with van der Waals surface area (Å²) in [6.45, 7) is 2.50. The number of imide groups is 1. The Morgan fingerprint density at radius 3 is 2.23 bits per heavy atom. The van der Waals surface area contributed by atoms with E-state index in [2.05, 4.69) is 22.3 Å². The highest BCUT2D eigenvalue weighted by molar-refractivity contribution is 6.06. The van der Waals surface area contributed by atoms with E-state index >= 15 is 0 Å². The summed E-state index contributed by atoms with van der Waals surface area (Å²) in [5, 5.41) is 12.2. The number of rotatable bonds is 13. The topological polar surface area (TPSA) is 136 Å². The molecule has 5 aromatic carbocycles. The lowest BCUT2D eigenvalue weighted by Crippen LogP contribution is -2.41. The van der Waals surface area contributed by atoms with Crippen LogP contribution in [-0.4, -0.2) is 72.3 Å². The van der Waals surface area contributed by atoms with E-state index in [-0.39, 0.29) is 44.3 Å². The first-order valence-electron chi connectivity index (χ1n) is 20.2. The third-order valence-corrected chi connectivity index (χ3v) is 11.4. The molecule has 3 heterocycles. The molecule has 3 aliphatic rings. The van der Waals surface area contributed by atoms with E-state index < -0.39 is 24.3 Å². The van der Waals surface area contributed by atoms with Crippen LogP contribution in [0.5, 0.6) is 11.5 Å². The van der Waals surface area contributed by atoms with Crippen LogP contribution in [-0.2, 0) is 56.5 Å². The van der Waals surface area contributed by atoms with Gasteiger partial charge in [-0.2, -0.15) is 0 Å². The Balaban J connectivity index is 0.931. The van der Waals surface area contributed by atoms with Crippen molar-refractivity contribution in [1.82, 2.24) is 15.1 Å². The number of methoxy groups -OCH3 is 2. The van der Waals surface area contributed by atoms with E-state index in [1.165, 1.54) is 16.0 Å². The second-order valence-electron chi connectivity index (χ2n) is 15.4. The van der Waals surface area contributed by atoms with Crippen LogP contribution in [0.3, 0.4) is 0 Å². The van der Waals surface area contributed by atoms with Crippen molar-refractivity contribution in [3.8, 4) is 22.6 Å². The minimum Gasteiger partial charge on any atom is -0.493 e. The third kappa shape index (κ3) is 9.37. The highest BCUT2D eigenvalue weighted by atomic mass is 16.7. The average Bonchev–Trinajstić information content (AvgIpc) is 3.55. The van der Waals surface area contributed by atoms with Gasteiger partial charge in [-0.25, -0.2) is 4.79 Å². The van der Waals surface area contributed by atoms with Crippen LogP contribution in [0.4, 0.5) is 4.79 Å². The molecule has 12 heteroatoms. The Morgan fingerprint density at radius 2 is 1.50 bits per heavy atom. The minimum absolute atomic E-state index is 0.0249. The number of alkyl carbamates (subject to hydrolysis) is 1. The molecule has 3 aliphatic heterocycles. The number of aliphatic hydroxyl groups excluding tert-OH is 1. The van der Waals surface area contributed by atoms with Gasteiger partial charge >= 0.3 is 6.09 Å². The molecule has 0 bridgehead atoms. The van der Waals surface area contributed by atoms with E-state index in [0.29, 0.717) is 6.42 Å². The highest BCUT2D eigenvalue weighted by Crippen LogP contribution is 2.40. The molecule has 0 spiro atoms. The number of amides is 3. The number of nitrogens with one attached hydrogen (secondary N) is 1. The maximum Gasteiger partial charge on any atom is 0.408 e. The second kappa shape index (κ2) is 18.5. The maximum absolute atomic E-state index is 13.2. The van der Waals surface area contributed by atoms with Crippen LogP contribution in [0.25, 0.3) is 11.1 Å². The van der Waals surface area contributed by atoms with Crippen LogP contribution in [0, 0.1) is 0 Å². The Labute approximate surface area is 349 Å². The molecule has 2 N–H and O–H groups in total. The lowest BCUT2D eigenvalue weighted by Gasteiger charge is -2.39. The number of fused-ring (bicyclic) bond motifs is 1. The summed E-state index contributed by atoms with van der Waals surface area (Å²) in [5.74, 6) is 0.640. The quantitative estimate of drug-likeness (QED) is 0.120. The summed E-state index contributed by atoms with van der Waals surface area (Å²) in [5.41, 5.74) is 8.69. The van der Waals surface area contributed by atoms with Gasteiger partial charge in [-0.3, -0.25) is 19.4 Å². The molecule has 0 aliphatic carbocycles. The zero-order valence-corrected chi connectivity index (χ0v) is 33.8. The van der Waals surface area contributed by atoms with Gasteiger partial charge in [0.2, 0.25) is 5.91 Å². The first-order chi connectivity index (χ1) is 29.3. The predicted octanol–water partition coefficient (Wildman–Crippen LogP) is 7.02. The molecule has 0 aromatic heterocycles. The fourth-order valence-electron chi connectivity index (χ4n) is 8.15. The molecule has 3 amide bonds. The first-order valence-corrected chi connectivity index (χ1v) is 20.2. The van der Waals surface area contributed by atoms with Crippen LogP contribution in [0.15, 0.2) is 115 Å². The number of ether oxygens (including phenoxy) is 5. The highest BCUT2D eigenvalue weighted by Gasteiger charge is 2.40. The fourth-order valence-corrected chi connectivity index (χ4v) is 8.15. The van der Waals surface area contributed by atoms with E-state index in [9.17, 15) is 19.5 Å². The molecule has 5 aromatic rings. The number of benzene rings is 5. The summed E-state index contributed by atoms with van der Waals surface area (Å²) >= 11 is 0. The Bertz CT molecular complexity index is 2300. The normalized spacial score (nSPS) is 20.4. The largest absolute Gasteiger partial charge is 0.493 e. The van der Waals surface area contributed by atoms with Gasteiger partial charge < -0.3 is 34.1 Å². The number of aliphatic hydroxyl groups is 1. The van der Waals surface area contributed by atoms with Gasteiger partial charge in [0.05, 0.1) is 46.0 Å². The zero-order valence-electron chi connectivity index (χ0n) is 33.8. The van der Waals surface area contributed by atoms with E-state index in [0.717, 1.165) is 76.5 Å². The molecular weight excluding hydrogens is 763 g/mol. The van der Waals surface area contributed by atoms with Crippen molar-refractivity contribution >= 4 is 17.9 Å². The Morgan fingerprint density at radius 1 is 0.783 bits per heavy atom. The third-order valence-electron chi connectivity index (χ3n) is 11.4. The lowest BCUT2D eigenvalue weighted by atomic mass is 9.96. The zero-order chi connectivity index (χ0) is 41.6. The first kappa shape index (κ1) is 40.7. The monoisotopic (exact) mass is 811 g/mol. The van der Waals surface area contributed by atoms with Gasteiger partial charge in [-0.1, -0.05) is 97.1 Å². The van der Waals surface area contributed by atoms with Gasteiger partial charge in [0, 0.05) is 31.6 Å². The van der Waals surface area contributed by atoms with Crippen LogP contribution < -0.4 is 14.8 Å². The molecule has 12 nitrogen and oxygen atoms in total. The number of nitrogens with zero attached hydrogens (tertiary/aromatic N) is 2. The van der Waals surface area contributed by atoms with Crippen LogP contribution in [0.1, 0.15) is 64.2 Å². The number of hydrogen-bond donors (Lipinski definition) is 2. The average molecular weight is 812 g/mol. The molecular formula is C48H49N3O9. The van der Waals surface area contributed by atoms with Crippen LogP contribution >= 0.6 is 0 Å². The molecule has 4 unspecified atom stereocenters. The summed E-state index contributed by atoms with van der Waals surface area (Å²) in [6, 6.07) is 36.1. The van der Waals surface area contributed by atoms with Gasteiger partial charge in [-0.15, -0.1) is 0 Å². The van der Waals surface area contributed by atoms with Crippen molar-refractivity contribution in [3.63, 3.8) is 0 Å². The number of carbonyl (C=O) groups is 3. The molecule has 8 rings (SSSR count). The van der Waals surface area contributed by atoms with Crippen molar-refractivity contribution in [2.45, 2.75) is 70.1 Å². The second-order valence-corrected chi connectivity index (χ2v) is 15.4. The molecule has 0 radical (unpaired) electrons.